The van der Waals surface area contributed by atoms with Gasteiger partial charge in [0.1, 0.15) is 10.6 Å². The molecule has 1 amide bonds. The number of para-hydroxylation sites is 3. The van der Waals surface area contributed by atoms with Gasteiger partial charge in [-0.3, -0.25) is 4.79 Å². The third kappa shape index (κ3) is 4.13. The van der Waals surface area contributed by atoms with Crippen LogP contribution in [0.4, 0.5) is 11.4 Å². The van der Waals surface area contributed by atoms with E-state index in [1.165, 1.54) is 0 Å². The molecule has 0 fully saturated rings. The van der Waals surface area contributed by atoms with E-state index in [4.69, 9.17) is 4.42 Å². The highest BCUT2D eigenvalue weighted by Gasteiger charge is 2.22. The Balaban J connectivity index is 1.66. The quantitative estimate of drug-likeness (QED) is 0.429. The monoisotopic (exact) mass is 424 g/mol. The molecular weight excluding hydrogens is 404 g/mol. The summed E-state index contributed by atoms with van der Waals surface area (Å²) >= 11 is 3.10. The van der Waals surface area contributed by atoms with Gasteiger partial charge in [-0.05, 0) is 25.1 Å². The first kappa shape index (κ1) is 19.5. The smallest absolute Gasteiger partial charge is 0.291 e. The summed E-state index contributed by atoms with van der Waals surface area (Å²) < 4.78 is 6.83. The number of thioether (sulfide) groups is 1. The predicted molar refractivity (Wildman–Crippen MR) is 119 cm³/mol. The minimum Gasteiger partial charge on any atom is -0.451 e. The van der Waals surface area contributed by atoms with Crippen molar-refractivity contribution < 1.29 is 9.21 Å². The van der Waals surface area contributed by atoms with Crippen LogP contribution in [0.2, 0.25) is 0 Å². The first-order chi connectivity index (χ1) is 14.0. The van der Waals surface area contributed by atoms with Gasteiger partial charge in [-0.1, -0.05) is 53.4 Å². The molecule has 2 aromatic carbocycles. The molecule has 148 valence electrons. The summed E-state index contributed by atoms with van der Waals surface area (Å²) in [6.07, 6.45) is 0. The van der Waals surface area contributed by atoms with Crippen LogP contribution in [-0.4, -0.2) is 30.2 Å². The molecule has 0 saturated carbocycles. The van der Waals surface area contributed by atoms with E-state index >= 15 is 0 Å². The Hall–Kier alpha value is -2.84. The van der Waals surface area contributed by atoms with E-state index in [0.717, 1.165) is 31.7 Å². The summed E-state index contributed by atoms with van der Waals surface area (Å²) in [6, 6.07) is 15.4. The fourth-order valence-corrected chi connectivity index (χ4v) is 4.89. The first-order valence-corrected chi connectivity index (χ1v) is 10.8. The van der Waals surface area contributed by atoms with Crippen LogP contribution in [0.1, 0.15) is 21.1 Å². The molecule has 0 saturated heterocycles. The number of amides is 1. The number of fused-ring (bicyclic) bond motifs is 1. The molecular formula is C21H20N4O2S2. The number of rotatable bonds is 6. The van der Waals surface area contributed by atoms with Gasteiger partial charge >= 0.3 is 0 Å². The SMILES string of the molecule is Cc1nnc(SCc2c(C(=O)Nc3ccccc3N(C)C)oc3ccccc23)s1. The topological polar surface area (TPSA) is 71.3 Å². The predicted octanol–water partition coefficient (Wildman–Crippen LogP) is 5.20. The lowest BCUT2D eigenvalue weighted by Crippen LogP contribution is -2.17. The number of nitrogens with one attached hydrogen (secondary N) is 1. The zero-order chi connectivity index (χ0) is 20.4. The van der Waals surface area contributed by atoms with Gasteiger partial charge < -0.3 is 14.6 Å². The average Bonchev–Trinajstić information content (AvgIpc) is 3.30. The maximum Gasteiger partial charge on any atom is 0.291 e. The van der Waals surface area contributed by atoms with Gasteiger partial charge in [0.15, 0.2) is 10.1 Å². The summed E-state index contributed by atoms with van der Waals surface area (Å²) in [4.78, 5) is 15.1. The van der Waals surface area contributed by atoms with Gasteiger partial charge in [0.05, 0.1) is 11.4 Å². The summed E-state index contributed by atoms with van der Waals surface area (Å²) in [5.41, 5.74) is 3.22. The molecule has 0 aliphatic rings. The Morgan fingerprint density at radius 2 is 1.90 bits per heavy atom. The molecule has 8 heteroatoms. The number of carbonyl (C=O) groups is 1. The van der Waals surface area contributed by atoms with Crippen molar-refractivity contribution in [2.45, 2.75) is 17.0 Å². The highest BCUT2D eigenvalue weighted by Crippen LogP contribution is 2.34. The van der Waals surface area contributed by atoms with E-state index < -0.39 is 0 Å². The second-order valence-corrected chi connectivity index (χ2v) is 9.05. The Morgan fingerprint density at radius 1 is 1.14 bits per heavy atom. The highest BCUT2D eigenvalue weighted by atomic mass is 32.2. The summed E-state index contributed by atoms with van der Waals surface area (Å²) in [5.74, 6) is 0.636. The van der Waals surface area contributed by atoms with E-state index in [1.54, 1.807) is 23.1 Å². The second-order valence-electron chi connectivity index (χ2n) is 6.65. The Labute approximate surface area is 176 Å². The number of benzene rings is 2. The zero-order valence-corrected chi connectivity index (χ0v) is 17.9. The third-order valence-electron chi connectivity index (χ3n) is 4.39. The van der Waals surface area contributed by atoms with Crippen LogP contribution >= 0.6 is 23.1 Å². The van der Waals surface area contributed by atoms with Crippen LogP contribution in [0.15, 0.2) is 57.3 Å². The molecule has 1 N–H and O–H groups in total. The molecule has 0 bridgehead atoms. The minimum atomic E-state index is -0.264. The molecule has 0 aliphatic carbocycles. The maximum absolute atomic E-state index is 13.1. The Bertz CT molecular complexity index is 1170. The van der Waals surface area contributed by atoms with Crippen molar-refractivity contribution >= 4 is 51.3 Å². The van der Waals surface area contributed by atoms with Crippen LogP contribution in [0.5, 0.6) is 0 Å². The maximum atomic E-state index is 13.1. The molecule has 0 aliphatic heterocycles. The van der Waals surface area contributed by atoms with Crippen LogP contribution in [0, 0.1) is 6.92 Å². The fraction of sp³-hybridized carbons (Fsp3) is 0.190. The molecule has 4 aromatic rings. The molecule has 2 heterocycles. The number of anilines is 2. The molecule has 0 spiro atoms. The molecule has 0 atom stereocenters. The summed E-state index contributed by atoms with van der Waals surface area (Å²) in [7, 11) is 3.89. The van der Waals surface area contributed by atoms with Gasteiger partial charge in [-0.25, -0.2) is 0 Å². The fourth-order valence-electron chi connectivity index (χ4n) is 3.04. The molecule has 0 unspecified atom stereocenters. The van der Waals surface area contributed by atoms with E-state index in [9.17, 15) is 4.79 Å². The van der Waals surface area contributed by atoms with Crippen LogP contribution in [0.3, 0.4) is 0 Å². The largest absolute Gasteiger partial charge is 0.451 e. The lowest BCUT2D eigenvalue weighted by atomic mass is 10.1. The number of nitrogens with zero attached hydrogens (tertiary/aromatic N) is 3. The minimum absolute atomic E-state index is 0.264. The first-order valence-electron chi connectivity index (χ1n) is 9.04. The van der Waals surface area contributed by atoms with Crippen LogP contribution < -0.4 is 10.2 Å². The number of aromatic nitrogens is 2. The Kier molecular flexibility index (Phi) is 5.55. The van der Waals surface area contributed by atoms with Crippen LogP contribution in [-0.2, 0) is 5.75 Å². The van der Waals surface area contributed by atoms with E-state index in [2.05, 4.69) is 15.5 Å². The van der Waals surface area contributed by atoms with Crippen molar-refractivity contribution in [3.63, 3.8) is 0 Å². The normalized spacial score (nSPS) is 11.0. The molecule has 6 nitrogen and oxygen atoms in total. The molecule has 0 radical (unpaired) electrons. The van der Waals surface area contributed by atoms with Crippen molar-refractivity contribution in [2.75, 3.05) is 24.3 Å². The lowest BCUT2D eigenvalue weighted by molar-refractivity contribution is 0.0998. The number of aryl methyl sites for hydroxylation is 1. The number of furan rings is 1. The van der Waals surface area contributed by atoms with Gasteiger partial charge in [0.2, 0.25) is 0 Å². The zero-order valence-electron chi connectivity index (χ0n) is 16.3. The van der Waals surface area contributed by atoms with E-state index in [-0.39, 0.29) is 5.91 Å². The molecule has 2 aromatic heterocycles. The number of hydrogen-bond donors (Lipinski definition) is 1. The molecule has 4 rings (SSSR count). The van der Waals surface area contributed by atoms with Crippen molar-refractivity contribution in [2.24, 2.45) is 0 Å². The highest BCUT2D eigenvalue weighted by molar-refractivity contribution is 8.00. The van der Waals surface area contributed by atoms with Crippen molar-refractivity contribution in [1.82, 2.24) is 10.2 Å². The standard InChI is InChI=1S/C21H20N4O2S2/c1-13-23-24-21(29-13)28-12-15-14-8-4-7-11-18(14)27-19(15)20(26)22-16-9-5-6-10-17(16)25(2)3/h4-11H,12H2,1-3H3,(H,22,26). The molecule has 29 heavy (non-hydrogen) atoms. The van der Waals surface area contributed by atoms with Crippen molar-refractivity contribution in [1.29, 1.82) is 0 Å². The number of hydrogen-bond acceptors (Lipinski definition) is 7. The van der Waals surface area contributed by atoms with Crippen LogP contribution in [0.25, 0.3) is 11.0 Å². The summed E-state index contributed by atoms with van der Waals surface area (Å²) in [5, 5.41) is 13.1. The third-order valence-corrected chi connectivity index (χ3v) is 6.38. The van der Waals surface area contributed by atoms with E-state index in [0.29, 0.717) is 17.1 Å². The number of carbonyl (C=O) groups excluding carboxylic acids is 1. The van der Waals surface area contributed by atoms with Gasteiger partial charge in [0.25, 0.3) is 5.91 Å². The van der Waals surface area contributed by atoms with Crippen molar-refractivity contribution in [3.8, 4) is 0 Å². The van der Waals surface area contributed by atoms with Gasteiger partial charge in [-0.15, -0.1) is 10.2 Å². The average molecular weight is 425 g/mol. The van der Waals surface area contributed by atoms with Gasteiger partial charge in [-0.2, -0.15) is 0 Å². The summed E-state index contributed by atoms with van der Waals surface area (Å²) in [6.45, 7) is 1.93. The van der Waals surface area contributed by atoms with Gasteiger partial charge in [0, 0.05) is 30.8 Å². The van der Waals surface area contributed by atoms with E-state index in [1.807, 2.05) is 74.4 Å². The second kappa shape index (κ2) is 8.26. The van der Waals surface area contributed by atoms with Crippen molar-refractivity contribution in [3.05, 3.63) is 64.9 Å². The lowest BCUT2D eigenvalue weighted by Gasteiger charge is -2.17. The Morgan fingerprint density at radius 3 is 2.66 bits per heavy atom.